The Bertz CT molecular complexity index is 621. The van der Waals surface area contributed by atoms with Crippen molar-refractivity contribution in [3.05, 3.63) is 47.6 Å². The van der Waals surface area contributed by atoms with Crippen molar-refractivity contribution in [2.75, 3.05) is 6.54 Å². The maximum Gasteiger partial charge on any atom is 0.243 e. The van der Waals surface area contributed by atoms with Gasteiger partial charge in [0, 0.05) is 6.54 Å². The van der Waals surface area contributed by atoms with E-state index in [9.17, 15) is 5.11 Å². The maximum absolute atomic E-state index is 9.61. The van der Waals surface area contributed by atoms with Crippen molar-refractivity contribution in [1.82, 2.24) is 15.5 Å². The van der Waals surface area contributed by atoms with Crippen LogP contribution >= 0.6 is 0 Å². The van der Waals surface area contributed by atoms with Crippen LogP contribution in [0, 0.1) is 0 Å². The zero-order valence-electron chi connectivity index (χ0n) is 11.8. The molecule has 0 spiro atoms. The third-order valence-electron chi connectivity index (χ3n) is 4.81. The number of aliphatic hydroxyl groups excluding tert-OH is 1. The van der Waals surface area contributed by atoms with Crippen LogP contribution in [0.1, 0.15) is 49.0 Å². The van der Waals surface area contributed by atoms with Gasteiger partial charge < -0.3 is 14.9 Å². The second-order valence-corrected chi connectivity index (χ2v) is 6.11. The Balaban J connectivity index is 1.65. The zero-order chi connectivity index (χ0) is 14.3. The summed E-state index contributed by atoms with van der Waals surface area (Å²) in [4.78, 5) is 4.65. The van der Waals surface area contributed by atoms with Crippen molar-refractivity contribution >= 4 is 0 Å². The molecular weight excluding hydrogens is 266 g/mol. The molecule has 2 fully saturated rings. The van der Waals surface area contributed by atoms with Crippen LogP contribution in [-0.4, -0.2) is 27.9 Å². The molecular formula is C16H19N3O2. The highest BCUT2D eigenvalue weighted by atomic mass is 16.5. The summed E-state index contributed by atoms with van der Waals surface area (Å²) in [7, 11) is 0. The largest absolute Gasteiger partial charge is 0.392 e. The molecule has 2 aliphatic rings. The zero-order valence-corrected chi connectivity index (χ0v) is 11.8. The van der Waals surface area contributed by atoms with Crippen LogP contribution in [0.3, 0.4) is 0 Å². The van der Waals surface area contributed by atoms with Crippen LogP contribution in [-0.2, 0) is 5.41 Å². The normalized spacial score (nSPS) is 27.5. The van der Waals surface area contributed by atoms with E-state index in [0.717, 1.165) is 18.7 Å². The number of nitrogens with one attached hydrogen (secondary N) is 1. The van der Waals surface area contributed by atoms with Gasteiger partial charge in [-0.25, -0.2) is 0 Å². The Kier molecular flexibility index (Phi) is 3.05. The summed E-state index contributed by atoms with van der Waals surface area (Å²) >= 11 is 0. The van der Waals surface area contributed by atoms with Gasteiger partial charge in [0.05, 0.1) is 17.6 Å². The van der Waals surface area contributed by atoms with E-state index >= 15 is 0 Å². The van der Waals surface area contributed by atoms with Gasteiger partial charge in [-0.2, -0.15) is 4.98 Å². The van der Waals surface area contributed by atoms with Crippen LogP contribution in [0.5, 0.6) is 0 Å². The summed E-state index contributed by atoms with van der Waals surface area (Å²) in [5, 5.41) is 17.1. The first-order valence-electron chi connectivity index (χ1n) is 7.59. The molecule has 1 saturated carbocycles. The minimum atomic E-state index is -0.322. The fourth-order valence-electron chi connectivity index (χ4n) is 3.41. The number of benzene rings is 1. The Morgan fingerprint density at radius 3 is 2.67 bits per heavy atom. The lowest BCUT2D eigenvalue weighted by Gasteiger charge is -2.39. The lowest BCUT2D eigenvalue weighted by molar-refractivity contribution is 0.191. The molecule has 2 atom stereocenters. The molecule has 1 saturated heterocycles. The smallest absolute Gasteiger partial charge is 0.243 e. The molecule has 1 aliphatic carbocycles. The van der Waals surface area contributed by atoms with E-state index in [2.05, 4.69) is 39.7 Å². The van der Waals surface area contributed by atoms with Gasteiger partial charge >= 0.3 is 0 Å². The molecule has 2 N–H and O–H groups in total. The predicted octanol–water partition coefficient (Wildman–Crippen LogP) is 1.93. The lowest BCUT2D eigenvalue weighted by Crippen LogP contribution is -2.36. The molecule has 5 heteroatoms. The van der Waals surface area contributed by atoms with Crippen LogP contribution < -0.4 is 5.32 Å². The van der Waals surface area contributed by atoms with Crippen molar-refractivity contribution < 1.29 is 9.63 Å². The number of aromatic nitrogens is 2. The SMILES string of the molecule is O[C@@H]1CN[C@H](c2nc(C3(c4ccccc4)CCC3)no2)C1. The van der Waals surface area contributed by atoms with Gasteiger partial charge in [0.25, 0.3) is 0 Å². The fraction of sp³-hybridized carbons (Fsp3) is 0.500. The van der Waals surface area contributed by atoms with Crippen LogP contribution in [0.15, 0.2) is 34.9 Å². The number of hydrogen-bond donors (Lipinski definition) is 2. The van der Waals surface area contributed by atoms with Gasteiger partial charge in [0.15, 0.2) is 5.82 Å². The van der Waals surface area contributed by atoms with Crippen molar-refractivity contribution in [3.8, 4) is 0 Å². The van der Waals surface area contributed by atoms with E-state index in [-0.39, 0.29) is 17.6 Å². The summed E-state index contributed by atoms with van der Waals surface area (Å²) in [6, 6.07) is 10.4. The van der Waals surface area contributed by atoms with Gasteiger partial charge in [0.1, 0.15) is 0 Å². The number of β-amino-alcohol motifs (C(OH)–C–C–N with tert-alkyl or cyclic N) is 1. The van der Waals surface area contributed by atoms with Gasteiger partial charge in [-0.15, -0.1) is 0 Å². The first-order chi connectivity index (χ1) is 10.3. The van der Waals surface area contributed by atoms with E-state index in [1.54, 1.807) is 0 Å². The molecule has 2 heterocycles. The molecule has 0 unspecified atom stereocenters. The van der Waals surface area contributed by atoms with E-state index in [0.29, 0.717) is 18.9 Å². The quantitative estimate of drug-likeness (QED) is 0.901. The number of hydrogen-bond acceptors (Lipinski definition) is 5. The molecule has 0 radical (unpaired) electrons. The summed E-state index contributed by atoms with van der Waals surface area (Å²) in [6.07, 6.45) is 3.64. The Labute approximate surface area is 123 Å². The summed E-state index contributed by atoms with van der Waals surface area (Å²) in [6.45, 7) is 0.589. The van der Waals surface area contributed by atoms with Gasteiger partial charge in [0.2, 0.25) is 5.89 Å². The summed E-state index contributed by atoms with van der Waals surface area (Å²) < 4.78 is 5.47. The van der Waals surface area contributed by atoms with Crippen molar-refractivity contribution in [2.24, 2.45) is 0 Å². The van der Waals surface area contributed by atoms with E-state index in [4.69, 9.17) is 4.52 Å². The molecule has 1 aromatic heterocycles. The van der Waals surface area contributed by atoms with Crippen LogP contribution in [0.2, 0.25) is 0 Å². The second kappa shape index (κ2) is 4.93. The summed E-state index contributed by atoms with van der Waals surface area (Å²) in [5.74, 6) is 1.39. The standard InChI is InChI=1S/C16H19N3O2/c20-12-9-13(17-10-12)14-18-15(19-21-14)16(7-4-8-16)11-5-2-1-3-6-11/h1-3,5-6,12-13,17,20H,4,7-10H2/t12-,13-/m0/s1. The molecule has 2 aromatic rings. The van der Waals surface area contributed by atoms with Gasteiger partial charge in [-0.3, -0.25) is 0 Å². The molecule has 1 aromatic carbocycles. The monoisotopic (exact) mass is 285 g/mol. The second-order valence-electron chi connectivity index (χ2n) is 6.11. The van der Waals surface area contributed by atoms with Gasteiger partial charge in [-0.05, 0) is 24.8 Å². The molecule has 21 heavy (non-hydrogen) atoms. The number of nitrogens with zero attached hydrogens (tertiary/aromatic N) is 2. The molecule has 1 aliphatic heterocycles. The third kappa shape index (κ3) is 2.08. The maximum atomic E-state index is 9.61. The highest BCUT2D eigenvalue weighted by Crippen LogP contribution is 2.47. The Hall–Kier alpha value is -1.72. The first-order valence-corrected chi connectivity index (χ1v) is 7.59. The lowest BCUT2D eigenvalue weighted by atomic mass is 9.64. The molecule has 5 nitrogen and oxygen atoms in total. The average Bonchev–Trinajstić information content (AvgIpc) is 3.08. The molecule has 0 amide bonds. The van der Waals surface area contributed by atoms with Crippen LogP contribution in [0.4, 0.5) is 0 Å². The third-order valence-corrected chi connectivity index (χ3v) is 4.81. The number of rotatable bonds is 3. The molecule has 4 rings (SSSR count). The predicted molar refractivity (Wildman–Crippen MR) is 76.7 cm³/mol. The van der Waals surface area contributed by atoms with E-state index in [1.165, 1.54) is 12.0 Å². The van der Waals surface area contributed by atoms with Crippen molar-refractivity contribution in [3.63, 3.8) is 0 Å². The van der Waals surface area contributed by atoms with Crippen molar-refractivity contribution in [2.45, 2.75) is 43.2 Å². The minimum Gasteiger partial charge on any atom is -0.392 e. The molecule has 0 bridgehead atoms. The Morgan fingerprint density at radius 1 is 1.24 bits per heavy atom. The average molecular weight is 285 g/mol. The molecule has 110 valence electrons. The van der Waals surface area contributed by atoms with E-state index in [1.807, 2.05) is 6.07 Å². The van der Waals surface area contributed by atoms with Crippen molar-refractivity contribution in [1.29, 1.82) is 0 Å². The Morgan fingerprint density at radius 2 is 2.05 bits per heavy atom. The number of aliphatic hydroxyl groups is 1. The topological polar surface area (TPSA) is 71.2 Å². The fourth-order valence-corrected chi connectivity index (χ4v) is 3.41. The summed E-state index contributed by atoms with van der Waals surface area (Å²) in [5.41, 5.74) is 1.18. The highest BCUT2D eigenvalue weighted by Gasteiger charge is 2.45. The first kappa shape index (κ1) is 13.0. The minimum absolute atomic E-state index is 0.0193. The van der Waals surface area contributed by atoms with Gasteiger partial charge in [-0.1, -0.05) is 41.9 Å². The highest BCUT2D eigenvalue weighted by molar-refractivity contribution is 5.35. The van der Waals surface area contributed by atoms with Crippen LogP contribution in [0.25, 0.3) is 0 Å². The van der Waals surface area contributed by atoms with E-state index < -0.39 is 0 Å².